The molecule has 2 amide bonds. The summed E-state index contributed by atoms with van der Waals surface area (Å²) >= 11 is 6.08. The number of carbonyl (C=O) groups is 1. The van der Waals surface area contributed by atoms with Crippen molar-refractivity contribution in [2.45, 2.75) is 13.3 Å². The molecule has 7 nitrogen and oxygen atoms in total. The molecule has 3 rings (SSSR count). The number of fused-ring (bicyclic) bond motifs is 1. The Bertz CT molecular complexity index is 1300. The molecule has 0 unspecified atom stereocenters. The van der Waals surface area contributed by atoms with Crippen LogP contribution in [0.2, 0.25) is 5.02 Å². The number of nitrogens with zero attached hydrogens (tertiary/aromatic N) is 2. The number of sulfonamides is 1. The first-order chi connectivity index (χ1) is 14.0. The van der Waals surface area contributed by atoms with Crippen LogP contribution in [0, 0.1) is 6.92 Å². The average molecular weight is 449 g/mol. The summed E-state index contributed by atoms with van der Waals surface area (Å²) in [5.41, 5.74) is 1.99. The lowest BCUT2D eigenvalue weighted by atomic mass is 9.99. The number of benzene rings is 2. The lowest BCUT2D eigenvalue weighted by molar-refractivity contribution is 0.227. The van der Waals surface area contributed by atoms with E-state index in [0.29, 0.717) is 21.7 Å². The fourth-order valence-electron chi connectivity index (χ4n) is 3.19. The van der Waals surface area contributed by atoms with Crippen LogP contribution in [-0.4, -0.2) is 39.7 Å². The van der Waals surface area contributed by atoms with Crippen LogP contribution in [0.25, 0.3) is 11.0 Å². The molecule has 1 heterocycles. The minimum absolute atomic E-state index is 0.194. The summed E-state index contributed by atoms with van der Waals surface area (Å²) in [6.45, 7) is 1.81. The molecule has 9 heteroatoms. The van der Waals surface area contributed by atoms with Crippen molar-refractivity contribution in [1.29, 1.82) is 0 Å². The van der Waals surface area contributed by atoms with Crippen LogP contribution in [0.1, 0.15) is 16.7 Å². The summed E-state index contributed by atoms with van der Waals surface area (Å²) in [4.78, 5) is 26.2. The molecule has 0 aliphatic heterocycles. The highest BCUT2D eigenvalue weighted by Gasteiger charge is 2.27. The summed E-state index contributed by atoms with van der Waals surface area (Å²) in [5, 5.41) is 1.26. The molecule has 0 aliphatic rings. The van der Waals surface area contributed by atoms with Crippen LogP contribution in [0.5, 0.6) is 0 Å². The van der Waals surface area contributed by atoms with Crippen LogP contribution < -0.4 is 9.93 Å². The fraction of sp³-hybridized carbons (Fsp3) is 0.238. The van der Waals surface area contributed by atoms with Crippen molar-refractivity contribution in [2.75, 3.05) is 24.7 Å². The van der Waals surface area contributed by atoms with Crippen molar-refractivity contribution in [1.82, 2.24) is 4.90 Å². The topological polar surface area (TPSA) is 87.9 Å². The summed E-state index contributed by atoms with van der Waals surface area (Å²) in [5.74, 6) is 0. The molecule has 0 bridgehead atoms. The summed E-state index contributed by atoms with van der Waals surface area (Å²) in [7, 11) is -0.912. The molecule has 0 radical (unpaired) electrons. The number of anilines is 1. The highest BCUT2D eigenvalue weighted by molar-refractivity contribution is 7.92. The molecule has 30 heavy (non-hydrogen) atoms. The lowest BCUT2D eigenvalue weighted by Crippen LogP contribution is -2.42. The number of carbonyl (C=O) groups excluding carboxylic acids is 1. The van der Waals surface area contributed by atoms with Gasteiger partial charge in [-0.15, -0.1) is 0 Å². The molecule has 0 N–H and O–H groups in total. The predicted octanol–water partition coefficient (Wildman–Crippen LogP) is 3.79. The van der Waals surface area contributed by atoms with E-state index in [0.717, 1.165) is 21.5 Å². The maximum absolute atomic E-state index is 12.6. The third-order valence-electron chi connectivity index (χ3n) is 4.66. The van der Waals surface area contributed by atoms with Crippen molar-refractivity contribution in [3.8, 4) is 0 Å². The maximum Gasteiger partial charge on any atom is 0.340 e. The van der Waals surface area contributed by atoms with E-state index in [2.05, 4.69) is 0 Å². The monoisotopic (exact) mass is 448 g/mol. The van der Waals surface area contributed by atoms with Crippen LogP contribution in [-0.2, 0) is 16.4 Å². The molecule has 0 spiro atoms. The Morgan fingerprint density at radius 1 is 1.13 bits per heavy atom. The van der Waals surface area contributed by atoms with E-state index in [1.165, 1.54) is 25.1 Å². The van der Waals surface area contributed by atoms with Gasteiger partial charge in [-0.2, -0.15) is 4.31 Å². The third kappa shape index (κ3) is 4.34. The molecule has 0 aliphatic carbocycles. The van der Waals surface area contributed by atoms with Gasteiger partial charge in [-0.25, -0.2) is 18.0 Å². The van der Waals surface area contributed by atoms with Crippen LogP contribution >= 0.6 is 11.6 Å². The van der Waals surface area contributed by atoms with Gasteiger partial charge in [0.15, 0.2) is 0 Å². The Morgan fingerprint density at radius 2 is 1.83 bits per heavy atom. The molecule has 3 aromatic rings. The first-order valence-electron chi connectivity index (χ1n) is 9.01. The Balaban J connectivity index is 2.08. The van der Waals surface area contributed by atoms with Gasteiger partial charge in [-0.1, -0.05) is 23.7 Å². The molecule has 158 valence electrons. The molecule has 0 atom stereocenters. The zero-order chi connectivity index (χ0) is 22.2. The van der Waals surface area contributed by atoms with E-state index in [1.807, 2.05) is 6.92 Å². The van der Waals surface area contributed by atoms with E-state index >= 15 is 0 Å². The highest BCUT2D eigenvalue weighted by Crippen LogP contribution is 2.26. The molecular weight excluding hydrogens is 428 g/mol. The van der Waals surface area contributed by atoms with Crippen molar-refractivity contribution < 1.29 is 17.6 Å². The Morgan fingerprint density at radius 3 is 2.47 bits per heavy atom. The van der Waals surface area contributed by atoms with Gasteiger partial charge in [0.1, 0.15) is 5.58 Å². The zero-order valence-corrected chi connectivity index (χ0v) is 18.5. The van der Waals surface area contributed by atoms with Crippen LogP contribution in [0.3, 0.4) is 0 Å². The molecule has 2 aromatic carbocycles. The first-order valence-corrected chi connectivity index (χ1v) is 11.2. The van der Waals surface area contributed by atoms with Crippen molar-refractivity contribution in [3.05, 3.63) is 74.6 Å². The fourth-order valence-corrected chi connectivity index (χ4v) is 4.30. The minimum atomic E-state index is -3.85. The van der Waals surface area contributed by atoms with Gasteiger partial charge >= 0.3 is 11.7 Å². The first kappa shape index (κ1) is 21.9. The summed E-state index contributed by atoms with van der Waals surface area (Å²) in [6.07, 6.45) is 1.17. The van der Waals surface area contributed by atoms with Gasteiger partial charge in [0.2, 0.25) is 10.0 Å². The molecular formula is C21H21ClN2O5S. The maximum atomic E-state index is 12.6. The van der Waals surface area contributed by atoms with Crippen molar-refractivity contribution in [2.24, 2.45) is 0 Å². The second kappa shape index (κ2) is 8.12. The average Bonchev–Trinajstić information content (AvgIpc) is 2.65. The number of hydrogen-bond donors (Lipinski definition) is 0. The third-order valence-corrected chi connectivity index (χ3v) is 5.93. The van der Waals surface area contributed by atoms with E-state index in [4.69, 9.17) is 16.0 Å². The van der Waals surface area contributed by atoms with Gasteiger partial charge in [0.05, 0.1) is 11.9 Å². The minimum Gasteiger partial charge on any atom is -0.423 e. The highest BCUT2D eigenvalue weighted by atomic mass is 35.5. The van der Waals surface area contributed by atoms with E-state index < -0.39 is 21.7 Å². The molecule has 0 saturated heterocycles. The van der Waals surface area contributed by atoms with Crippen molar-refractivity contribution >= 4 is 44.3 Å². The number of hydrogen-bond acceptors (Lipinski definition) is 5. The van der Waals surface area contributed by atoms with E-state index in [1.54, 1.807) is 36.4 Å². The summed E-state index contributed by atoms with van der Waals surface area (Å²) in [6, 6.07) is 10.8. The lowest BCUT2D eigenvalue weighted by Gasteiger charge is -2.24. The Kier molecular flexibility index (Phi) is 5.92. The molecule has 0 fully saturated rings. The normalized spacial score (nSPS) is 11.5. The quantitative estimate of drug-likeness (QED) is 0.566. The van der Waals surface area contributed by atoms with Crippen LogP contribution in [0.15, 0.2) is 51.7 Å². The smallest absolute Gasteiger partial charge is 0.340 e. The van der Waals surface area contributed by atoms with Gasteiger partial charge in [-0.3, -0.25) is 0 Å². The standard InChI is InChI=1S/C21H21ClN2O5S/c1-13-17-12-15(22)8-9-19(17)29-20(25)18(13)11-14-6-5-7-16(10-14)24(30(4,27)28)21(26)23(2)3/h5-10,12H,11H2,1-4H3. The van der Waals surface area contributed by atoms with E-state index in [9.17, 15) is 18.0 Å². The van der Waals surface area contributed by atoms with Gasteiger partial charge < -0.3 is 9.32 Å². The van der Waals surface area contributed by atoms with E-state index in [-0.39, 0.29) is 12.1 Å². The zero-order valence-electron chi connectivity index (χ0n) is 17.0. The Labute approximate surface area is 179 Å². The SMILES string of the molecule is Cc1c(Cc2cccc(N(C(=O)N(C)C)S(C)(=O)=O)c2)c(=O)oc2ccc(Cl)cc12. The Hall–Kier alpha value is -2.84. The molecule has 1 aromatic heterocycles. The number of halogens is 1. The largest absolute Gasteiger partial charge is 0.423 e. The van der Waals surface area contributed by atoms with Crippen molar-refractivity contribution in [3.63, 3.8) is 0 Å². The van der Waals surface area contributed by atoms with Crippen LogP contribution in [0.4, 0.5) is 10.5 Å². The van der Waals surface area contributed by atoms with Gasteiger partial charge in [-0.05, 0) is 48.4 Å². The number of aryl methyl sites for hydroxylation is 1. The van der Waals surface area contributed by atoms with Gasteiger partial charge in [0, 0.05) is 36.5 Å². The molecule has 0 saturated carbocycles. The van der Waals surface area contributed by atoms with Gasteiger partial charge in [0.25, 0.3) is 0 Å². The summed E-state index contributed by atoms with van der Waals surface area (Å²) < 4.78 is 30.6. The number of urea groups is 1. The second-order valence-corrected chi connectivity index (χ2v) is 9.45. The second-order valence-electron chi connectivity index (χ2n) is 7.18. The number of rotatable bonds is 4. The predicted molar refractivity (Wildman–Crippen MR) is 118 cm³/mol. The number of amides is 2.